The summed E-state index contributed by atoms with van der Waals surface area (Å²) in [5.41, 5.74) is 3.05. The van der Waals surface area contributed by atoms with Crippen molar-refractivity contribution in [1.29, 1.82) is 0 Å². The van der Waals surface area contributed by atoms with Gasteiger partial charge >= 0.3 is 0 Å². The Hall–Kier alpha value is -2.18. The number of hydrogen-bond acceptors (Lipinski definition) is 6. The van der Waals surface area contributed by atoms with Gasteiger partial charge in [0.15, 0.2) is 17.3 Å². The second kappa shape index (κ2) is 8.67. The maximum Gasteiger partial charge on any atom is 0.203 e. The Kier molecular flexibility index (Phi) is 6.29. The van der Waals surface area contributed by atoms with E-state index in [2.05, 4.69) is 36.5 Å². The SMILES string of the molecule is CCc1ccc(C2NC(C(=O)c3cc(OC)c(OC)c(OC)c3)CS2)cc1. The summed E-state index contributed by atoms with van der Waals surface area (Å²) in [6.45, 7) is 2.14. The molecule has 0 aromatic heterocycles. The average Bonchev–Trinajstić information content (AvgIpc) is 3.22. The number of ether oxygens (including phenoxy) is 3. The number of carbonyl (C=O) groups excluding carboxylic acids is 1. The Balaban J connectivity index is 1.78. The maximum atomic E-state index is 13.0. The standard InChI is InChI=1S/C21H25NO4S/c1-5-13-6-8-14(9-7-13)21-22-16(12-27-21)19(23)15-10-17(24-2)20(26-4)18(11-15)25-3/h6-11,16,21-22H,5,12H2,1-4H3. The van der Waals surface area contributed by atoms with Gasteiger partial charge in [0.2, 0.25) is 5.75 Å². The number of carbonyl (C=O) groups is 1. The molecule has 5 nitrogen and oxygen atoms in total. The van der Waals surface area contributed by atoms with Crippen LogP contribution in [0.5, 0.6) is 17.2 Å². The summed E-state index contributed by atoms with van der Waals surface area (Å²) in [5.74, 6) is 2.19. The van der Waals surface area contributed by atoms with Crippen LogP contribution in [0.2, 0.25) is 0 Å². The van der Waals surface area contributed by atoms with Crippen molar-refractivity contribution in [2.75, 3.05) is 27.1 Å². The van der Waals surface area contributed by atoms with E-state index in [-0.39, 0.29) is 17.2 Å². The Morgan fingerprint density at radius 3 is 2.22 bits per heavy atom. The van der Waals surface area contributed by atoms with Crippen LogP contribution < -0.4 is 19.5 Å². The van der Waals surface area contributed by atoms with E-state index < -0.39 is 0 Å². The highest BCUT2D eigenvalue weighted by molar-refractivity contribution is 7.99. The van der Waals surface area contributed by atoms with E-state index in [1.165, 1.54) is 11.1 Å². The minimum absolute atomic E-state index is 0.0226. The number of rotatable bonds is 7. The van der Waals surface area contributed by atoms with Crippen molar-refractivity contribution in [3.8, 4) is 17.2 Å². The van der Waals surface area contributed by atoms with Gasteiger partial charge in [-0.15, -0.1) is 11.8 Å². The molecule has 0 amide bonds. The number of Topliss-reactive ketones (excluding diaryl/α,β-unsaturated/α-hetero) is 1. The van der Waals surface area contributed by atoms with Crippen LogP contribution in [0.4, 0.5) is 0 Å². The second-order valence-corrected chi connectivity index (χ2v) is 7.44. The molecular formula is C21H25NO4S. The molecule has 144 valence electrons. The maximum absolute atomic E-state index is 13.0. The van der Waals surface area contributed by atoms with Crippen molar-refractivity contribution in [2.45, 2.75) is 24.8 Å². The highest BCUT2D eigenvalue weighted by Gasteiger charge is 2.32. The van der Waals surface area contributed by atoms with Gasteiger partial charge in [-0.1, -0.05) is 31.2 Å². The Morgan fingerprint density at radius 2 is 1.70 bits per heavy atom. The molecule has 2 aromatic carbocycles. The van der Waals surface area contributed by atoms with E-state index in [1.54, 1.807) is 45.2 Å². The number of methoxy groups -OCH3 is 3. The molecule has 1 aliphatic rings. The van der Waals surface area contributed by atoms with Crippen LogP contribution in [-0.4, -0.2) is 38.9 Å². The van der Waals surface area contributed by atoms with Crippen molar-refractivity contribution >= 4 is 17.5 Å². The highest BCUT2D eigenvalue weighted by Crippen LogP contribution is 2.39. The van der Waals surface area contributed by atoms with Crippen molar-refractivity contribution in [1.82, 2.24) is 5.32 Å². The van der Waals surface area contributed by atoms with Gasteiger partial charge in [-0.3, -0.25) is 10.1 Å². The molecule has 2 unspecified atom stereocenters. The van der Waals surface area contributed by atoms with E-state index in [9.17, 15) is 4.79 Å². The van der Waals surface area contributed by atoms with E-state index in [4.69, 9.17) is 14.2 Å². The lowest BCUT2D eigenvalue weighted by Crippen LogP contribution is -2.34. The molecule has 3 rings (SSSR count). The first-order valence-electron chi connectivity index (χ1n) is 8.92. The molecule has 1 heterocycles. The predicted molar refractivity (Wildman–Crippen MR) is 108 cm³/mol. The summed E-state index contributed by atoms with van der Waals surface area (Å²) in [6, 6.07) is 11.7. The van der Waals surface area contributed by atoms with Gasteiger partial charge in [-0.05, 0) is 29.7 Å². The third-order valence-corrected chi connectivity index (χ3v) is 6.01. The number of thioether (sulfide) groups is 1. The molecule has 0 bridgehead atoms. The number of nitrogens with one attached hydrogen (secondary N) is 1. The molecule has 0 aliphatic carbocycles. The van der Waals surface area contributed by atoms with Crippen molar-refractivity contribution < 1.29 is 19.0 Å². The summed E-state index contributed by atoms with van der Waals surface area (Å²) in [7, 11) is 4.64. The van der Waals surface area contributed by atoms with Gasteiger partial charge < -0.3 is 14.2 Å². The fourth-order valence-corrected chi connectivity index (χ4v) is 4.41. The summed E-state index contributed by atoms with van der Waals surface area (Å²) < 4.78 is 16.1. The van der Waals surface area contributed by atoms with Crippen LogP contribution in [0.15, 0.2) is 36.4 Å². The predicted octanol–water partition coefficient (Wildman–Crippen LogP) is 3.86. The Morgan fingerprint density at radius 1 is 1.07 bits per heavy atom. The van der Waals surface area contributed by atoms with Gasteiger partial charge in [0.1, 0.15) is 0 Å². The van der Waals surface area contributed by atoms with Crippen molar-refractivity contribution in [2.24, 2.45) is 0 Å². The molecule has 0 saturated carbocycles. The van der Waals surface area contributed by atoms with Crippen LogP contribution in [0.3, 0.4) is 0 Å². The molecule has 0 spiro atoms. The Labute approximate surface area is 164 Å². The van der Waals surface area contributed by atoms with E-state index in [0.29, 0.717) is 22.8 Å². The van der Waals surface area contributed by atoms with Gasteiger partial charge in [-0.25, -0.2) is 0 Å². The minimum atomic E-state index is -0.256. The minimum Gasteiger partial charge on any atom is -0.493 e. The number of aryl methyl sites for hydroxylation is 1. The second-order valence-electron chi connectivity index (χ2n) is 6.31. The topological polar surface area (TPSA) is 56.8 Å². The molecule has 1 aliphatic heterocycles. The van der Waals surface area contributed by atoms with E-state index >= 15 is 0 Å². The molecule has 6 heteroatoms. The Bertz CT molecular complexity index is 781. The zero-order chi connectivity index (χ0) is 19.4. The van der Waals surface area contributed by atoms with Crippen LogP contribution in [0, 0.1) is 0 Å². The van der Waals surface area contributed by atoms with E-state index in [0.717, 1.165) is 12.2 Å². The largest absolute Gasteiger partial charge is 0.493 e. The number of ketones is 1. The van der Waals surface area contributed by atoms with Gasteiger partial charge in [0, 0.05) is 11.3 Å². The quantitative estimate of drug-likeness (QED) is 0.728. The number of hydrogen-bond donors (Lipinski definition) is 1. The lowest BCUT2D eigenvalue weighted by atomic mass is 10.0. The van der Waals surface area contributed by atoms with Gasteiger partial charge in [0.25, 0.3) is 0 Å². The third kappa shape index (κ3) is 4.06. The molecule has 27 heavy (non-hydrogen) atoms. The molecule has 1 fully saturated rings. The van der Waals surface area contributed by atoms with Crippen LogP contribution in [0.1, 0.15) is 33.8 Å². The first-order chi connectivity index (χ1) is 13.1. The summed E-state index contributed by atoms with van der Waals surface area (Å²) in [4.78, 5) is 13.0. The van der Waals surface area contributed by atoms with Gasteiger partial charge in [0.05, 0.1) is 32.7 Å². The molecule has 2 aromatic rings. The zero-order valence-electron chi connectivity index (χ0n) is 16.1. The molecule has 1 N–H and O–H groups in total. The van der Waals surface area contributed by atoms with Crippen LogP contribution in [0.25, 0.3) is 0 Å². The highest BCUT2D eigenvalue weighted by atomic mass is 32.2. The molecule has 0 radical (unpaired) electrons. The first-order valence-corrected chi connectivity index (χ1v) is 9.96. The van der Waals surface area contributed by atoms with Crippen LogP contribution in [-0.2, 0) is 6.42 Å². The molecular weight excluding hydrogens is 362 g/mol. The van der Waals surface area contributed by atoms with Crippen molar-refractivity contribution in [3.05, 3.63) is 53.1 Å². The third-order valence-electron chi connectivity index (χ3n) is 4.74. The monoisotopic (exact) mass is 387 g/mol. The molecule has 2 atom stereocenters. The normalized spacial score (nSPS) is 19.0. The fraction of sp³-hybridized carbons (Fsp3) is 0.381. The van der Waals surface area contributed by atoms with Crippen LogP contribution >= 0.6 is 11.8 Å². The summed E-state index contributed by atoms with van der Waals surface area (Å²) in [5, 5.41) is 3.56. The lowest BCUT2D eigenvalue weighted by molar-refractivity contribution is 0.0955. The summed E-state index contributed by atoms with van der Waals surface area (Å²) in [6.07, 6.45) is 1.02. The van der Waals surface area contributed by atoms with Crippen molar-refractivity contribution in [3.63, 3.8) is 0 Å². The smallest absolute Gasteiger partial charge is 0.203 e. The first kappa shape index (κ1) is 19.6. The van der Waals surface area contributed by atoms with Gasteiger partial charge in [-0.2, -0.15) is 0 Å². The summed E-state index contributed by atoms with van der Waals surface area (Å²) >= 11 is 1.75. The fourth-order valence-electron chi connectivity index (χ4n) is 3.17. The average molecular weight is 388 g/mol. The zero-order valence-corrected chi connectivity index (χ0v) is 16.9. The van der Waals surface area contributed by atoms with E-state index in [1.807, 2.05) is 0 Å². The molecule has 1 saturated heterocycles. The number of benzene rings is 2. The lowest BCUT2D eigenvalue weighted by Gasteiger charge is -2.16.